The van der Waals surface area contributed by atoms with Gasteiger partial charge < -0.3 is 10.6 Å². The van der Waals surface area contributed by atoms with E-state index in [1.165, 1.54) is 31.7 Å². The maximum atomic E-state index is 12.2. The zero-order valence-electron chi connectivity index (χ0n) is 12.6. The number of benzene rings is 1. The summed E-state index contributed by atoms with van der Waals surface area (Å²) in [5, 5.41) is 0. The summed E-state index contributed by atoms with van der Waals surface area (Å²) >= 11 is 0. The molecule has 1 heterocycles. The van der Waals surface area contributed by atoms with Crippen molar-refractivity contribution >= 4 is 15.7 Å². The molecule has 0 aliphatic carbocycles. The standard InChI is InChI=1S/C15H25N3O2S/c1-13-6-7-14(12-15(13)16)21(19,20)17-8-11-18-9-4-2-3-5-10-18/h6-7,12,17H,2-5,8-11,16H2,1H3. The molecular formula is C15H25N3O2S. The number of anilines is 1. The number of nitrogens with zero attached hydrogens (tertiary/aromatic N) is 1. The first-order chi connectivity index (χ1) is 9.99. The van der Waals surface area contributed by atoms with Gasteiger partial charge in [0.2, 0.25) is 10.0 Å². The number of nitrogens with one attached hydrogen (secondary N) is 1. The molecule has 1 aromatic rings. The molecule has 1 aromatic carbocycles. The molecule has 118 valence electrons. The lowest BCUT2D eigenvalue weighted by molar-refractivity contribution is 0.290. The van der Waals surface area contributed by atoms with Crippen LogP contribution in [0.25, 0.3) is 0 Å². The van der Waals surface area contributed by atoms with Crippen molar-refractivity contribution in [2.24, 2.45) is 0 Å². The molecule has 0 spiro atoms. The molecule has 1 aliphatic heterocycles. The molecule has 6 heteroatoms. The first kappa shape index (κ1) is 16.3. The van der Waals surface area contributed by atoms with E-state index in [2.05, 4.69) is 9.62 Å². The van der Waals surface area contributed by atoms with Crippen molar-refractivity contribution in [3.63, 3.8) is 0 Å². The molecule has 5 nitrogen and oxygen atoms in total. The topological polar surface area (TPSA) is 75.4 Å². The summed E-state index contributed by atoms with van der Waals surface area (Å²) in [5.41, 5.74) is 7.17. The molecule has 1 fully saturated rings. The summed E-state index contributed by atoms with van der Waals surface area (Å²) in [6, 6.07) is 4.85. The molecule has 0 bridgehead atoms. The van der Waals surface area contributed by atoms with E-state index in [1.807, 2.05) is 6.92 Å². The van der Waals surface area contributed by atoms with Gasteiger partial charge in [0.05, 0.1) is 4.90 Å². The number of rotatable bonds is 5. The molecule has 0 amide bonds. The van der Waals surface area contributed by atoms with Crippen LogP contribution in [0.1, 0.15) is 31.2 Å². The number of nitrogens with two attached hydrogens (primary N) is 1. The fraction of sp³-hybridized carbons (Fsp3) is 0.600. The fourth-order valence-corrected chi connectivity index (χ4v) is 3.62. The van der Waals surface area contributed by atoms with Gasteiger partial charge in [-0.2, -0.15) is 0 Å². The maximum Gasteiger partial charge on any atom is 0.240 e. The minimum atomic E-state index is -3.47. The first-order valence-corrected chi connectivity index (χ1v) is 9.05. The highest BCUT2D eigenvalue weighted by molar-refractivity contribution is 7.89. The van der Waals surface area contributed by atoms with Gasteiger partial charge in [0.25, 0.3) is 0 Å². The molecule has 2 rings (SSSR count). The highest BCUT2D eigenvalue weighted by Gasteiger charge is 2.15. The number of sulfonamides is 1. The minimum absolute atomic E-state index is 0.237. The van der Waals surface area contributed by atoms with E-state index in [-0.39, 0.29) is 4.90 Å². The molecule has 0 unspecified atom stereocenters. The van der Waals surface area contributed by atoms with E-state index in [9.17, 15) is 8.42 Å². The van der Waals surface area contributed by atoms with Gasteiger partial charge in [0.15, 0.2) is 0 Å². The van der Waals surface area contributed by atoms with Crippen LogP contribution in [0.2, 0.25) is 0 Å². The van der Waals surface area contributed by atoms with Gasteiger partial charge in [-0.15, -0.1) is 0 Å². The van der Waals surface area contributed by atoms with Crippen LogP contribution >= 0.6 is 0 Å². The molecule has 0 saturated carbocycles. The lowest BCUT2D eigenvalue weighted by Gasteiger charge is -2.19. The molecule has 1 saturated heterocycles. The van der Waals surface area contributed by atoms with Crippen molar-refractivity contribution in [3.8, 4) is 0 Å². The van der Waals surface area contributed by atoms with E-state index in [1.54, 1.807) is 12.1 Å². The van der Waals surface area contributed by atoms with Crippen molar-refractivity contribution in [2.75, 3.05) is 31.9 Å². The van der Waals surface area contributed by atoms with Gasteiger partial charge >= 0.3 is 0 Å². The second-order valence-corrected chi connectivity index (χ2v) is 7.44. The Labute approximate surface area is 127 Å². The smallest absolute Gasteiger partial charge is 0.240 e. The van der Waals surface area contributed by atoms with Gasteiger partial charge in [-0.3, -0.25) is 0 Å². The van der Waals surface area contributed by atoms with Gasteiger partial charge in [-0.05, 0) is 50.6 Å². The number of likely N-dealkylation sites (tertiary alicyclic amines) is 1. The molecule has 1 aliphatic rings. The van der Waals surface area contributed by atoms with Crippen LogP contribution < -0.4 is 10.5 Å². The normalized spacial score (nSPS) is 17.6. The van der Waals surface area contributed by atoms with Crippen molar-refractivity contribution in [1.82, 2.24) is 9.62 Å². The van der Waals surface area contributed by atoms with Crippen LogP contribution in [0.3, 0.4) is 0 Å². The van der Waals surface area contributed by atoms with Crippen LogP contribution in [0.5, 0.6) is 0 Å². The fourth-order valence-electron chi connectivity index (χ4n) is 2.57. The largest absolute Gasteiger partial charge is 0.398 e. The number of nitrogen functional groups attached to an aromatic ring is 1. The van der Waals surface area contributed by atoms with Crippen LogP contribution in [0, 0.1) is 6.92 Å². The van der Waals surface area contributed by atoms with Gasteiger partial charge in [0, 0.05) is 18.8 Å². The SMILES string of the molecule is Cc1ccc(S(=O)(=O)NCCN2CCCCCC2)cc1N. The van der Waals surface area contributed by atoms with E-state index >= 15 is 0 Å². The van der Waals surface area contributed by atoms with Crippen molar-refractivity contribution in [2.45, 2.75) is 37.5 Å². The lowest BCUT2D eigenvalue weighted by Crippen LogP contribution is -2.35. The molecule has 0 atom stereocenters. The summed E-state index contributed by atoms with van der Waals surface area (Å²) in [7, 11) is -3.47. The van der Waals surface area contributed by atoms with E-state index < -0.39 is 10.0 Å². The minimum Gasteiger partial charge on any atom is -0.398 e. The summed E-state index contributed by atoms with van der Waals surface area (Å²) in [4.78, 5) is 2.57. The number of aryl methyl sites for hydroxylation is 1. The second kappa shape index (κ2) is 7.24. The highest BCUT2D eigenvalue weighted by Crippen LogP contribution is 2.17. The van der Waals surface area contributed by atoms with Crippen molar-refractivity contribution in [1.29, 1.82) is 0 Å². The lowest BCUT2D eigenvalue weighted by atomic mass is 10.2. The van der Waals surface area contributed by atoms with Crippen LogP contribution in [-0.4, -0.2) is 39.5 Å². The Hall–Kier alpha value is -1.11. The average molecular weight is 311 g/mol. The Bertz CT molecular complexity index is 564. The second-order valence-electron chi connectivity index (χ2n) is 5.67. The summed E-state index contributed by atoms with van der Waals surface area (Å²) in [6.07, 6.45) is 4.98. The van der Waals surface area contributed by atoms with E-state index in [0.29, 0.717) is 12.2 Å². The Morgan fingerprint density at radius 1 is 1.19 bits per heavy atom. The molecule has 0 radical (unpaired) electrons. The van der Waals surface area contributed by atoms with Crippen molar-refractivity contribution in [3.05, 3.63) is 23.8 Å². The van der Waals surface area contributed by atoms with Gasteiger partial charge in [-0.1, -0.05) is 18.9 Å². The summed E-state index contributed by atoms with van der Waals surface area (Å²) in [5.74, 6) is 0. The zero-order chi connectivity index (χ0) is 15.3. The molecule has 0 aromatic heterocycles. The number of hydrogen-bond acceptors (Lipinski definition) is 4. The molecule has 21 heavy (non-hydrogen) atoms. The Kier molecular flexibility index (Phi) is 5.61. The third-order valence-electron chi connectivity index (χ3n) is 3.98. The third-order valence-corrected chi connectivity index (χ3v) is 5.44. The third kappa shape index (κ3) is 4.69. The summed E-state index contributed by atoms with van der Waals surface area (Å²) < 4.78 is 27.1. The Morgan fingerprint density at radius 3 is 2.48 bits per heavy atom. The average Bonchev–Trinajstić information content (AvgIpc) is 2.70. The first-order valence-electron chi connectivity index (χ1n) is 7.57. The summed E-state index contributed by atoms with van der Waals surface area (Å²) in [6.45, 7) is 5.20. The van der Waals surface area contributed by atoms with E-state index in [4.69, 9.17) is 5.73 Å². The predicted octanol–water partition coefficient (Wildman–Crippen LogP) is 1.73. The van der Waals surface area contributed by atoms with Gasteiger partial charge in [-0.25, -0.2) is 13.1 Å². The zero-order valence-corrected chi connectivity index (χ0v) is 13.5. The molecular weight excluding hydrogens is 286 g/mol. The van der Waals surface area contributed by atoms with Gasteiger partial charge in [0.1, 0.15) is 0 Å². The number of hydrogen-bond donors (Lipinski definition) is 2. The van der Waals surface area contributed by atoms with Crippen molar-refractivity contribution < 1.29 is 8.42 Å². The van der Waals surface area contributed by atoms with Crippen LogP contribution in [0.15, 0.2) is 23.1 Å². The van der Waals surface area contributed by atoms with Crippen LogP contribution in [-0.2, 0) is 10.0 Å². The van der Waals surface area contributed by atoms with Crippen LogP contribution in [0.4, 0.5) is 5.69 Å². The maximum absolute atomic E-state index is 12.2. The molecule has 3 N–H and O–H groups in total. The monoisotopic (exact) mass is 311 g/mol. The predicted molar refractivity (Wildman–Crippen MR) is 85.7 cm³/mol. The quantitative estimate of drug-likeness (QED) is 0.812. The highest BCUT2D eigenvalue weighted by atomic mass is 32.2. The van der Waals surface area contributed by atoms with E-state index in [0.717, 1.165) is 25.2 Å². The Morgan fingerprint density at radius 2 is 1.86 bits per heavy atom. The Balaban J connectivity index is 1.90.